The van der Waals surface area contributed by atoms with Gasteiger partial charge in [-0.2, -0.15) is 0 Å². The molecule has 1 saturated carbocycles. The number of carbonyl (C=O) groups excluding carboxylic acids is 1. The maximum atomic E-state index is 12.3. The number of amides is 1. The zero-order valence-corrected chi connectivity index (χ0v) is 15.5. The summed E-state index contributed by atoms with van der Waals surface area (Å²) in [5.41, 5.74) is 4.76. The molecular weight excluding hydrogens is 322 g/mol. The van der Waals surface area contributed by atoms with Crippen molar-refractivity contribution >= 4 is 6.09 Å². The molecule has 2 aliphatic rings. The first-order chi connectivity index (χ1) is 12.7. The number of aryl methyl sites for hydroxylation is 1. The Kier molecular flexibility index (Phi) is 4.71. The highest BCUT2D eigenvalue weighted by molar-refractivity contribution is 5.71. The summed E-state index contributed by atoms with van der Waals surface area (Å²) < 4.78 is 5.78. The highest BCUT2D eigenvalue weighted by Crippen LogP contribution is 2.37. The molecule has 26 heavy (non-hydrogen) atoms. The molecule has 0 aromatic heterocycles. The molecule has 1 heterocycles. The summed E-state index contributed by atoms with van der Waals surface area (Å²) in [6, 6.07) is 17.3. The van der Waals surface area contributed by atoms with Gasteiger partial charge in [-0.1, -0.05) is 61.9 Å². The van der Waals surface area contributed by atoms with Gasteiger partial charge in [-0.05, 0) is 54.4 Å². The second-order valence-corrected chi connectivity index (χ2v) is 7.72. The number of nitrogens with zero attached hydrogens (tertiary/aromatic N) is 1. The molecule has 1 saturated heterocycles. The number of benzene rings is 2. The maximum Gasteiger partial charge on any atom is 0.410 e. The zero-order chi connectivity index (χ0) is 18.0. The van der Waals surface area contributed by atoms with Gasteiger partial charge in [0, 0.05) is 6.54 Å². The number of carbonyl (C=O) groups is 1. The van der Waals surface area contributed by atoms with Crippen molar-refractivity contribution in [3.05, 3.63) is 59.7 Å². The molecule has 0 N–H and O–H groups in total. The van der Waals surface area contributed by atoms with Crippen LogP contribution in [0.4, 0.5) is 4.79 Å². The predicted octanol–water partition coefficient (Wildman–Crippen LogP) is 5.57. The molecule has 2 aromatic carbocycles. The van der Waals surface area contributed by atoms with Gasteiger partial charge in [-0.25, -0.2) is 4.79 Å². The minimum Gasteiger partial charge on any atom is -0.441 e. The van der Waals surface area contributed by atoms with Gasteiger partial charge in [-0.15, -0.1) is 0 Å². The van der Waals surface area contributed by atoms with Gasteiger partial charge in [0.05, 0.1) is 6.54 Å². The normalized spacial score (nSPS) is 19.0. The number of hydrogen-bond acceptors (Lipinski definition) is 2. The van der Waals surface area contributed by atoms with Crippen LogP contribution in [0.15, 0.2) is 48.5 Å². The smallest absolute Gasteiger partial charge is 0.410 e. The van der Waals surface area contributed by atoms with E-state index in [0.29, 0.717) is 6.54 Å². The van der Waals surface area contributed by atoms with E-state index in [-0.39, 0.29) is 11.7 Å². The van der Waals surface area contributed by atoms with E-state index >= 15 is 0 Å². The van der Waals surface area contributed by atoms with Crippen molar-refractivity contribution in [2.45, 2.75) is 57.6 Å². The third-order valence-electron chi connectivity index (χ3n) is 5.80. The summed E-state index contributed by atoms with van der Waals surface area (Å²) in [7, 11) is 0. The van der Waals surface area contributed by atoms with Gasteiger partial charge in [0.15, 0.2) is 0 Å². The lowest BCUT2D eigenvalue weighted by molar-refractivity contribution is 0.0260. The van der Waals surface area contributed by atoms with Crippen molar-refractivity contribution in [3.8, 4) is 11.1 Å². The second-order valence-electron chi connectivity index (χ2n) is 7.72. The van der Waals surface area contributed by atoms with Crippen LogP contribution in [0.5, 0.6) is 0 Å². The van der Waals surface area contributed by atoms with E-state index in [4.69, 9.17) is 4.74 Å². The van der Waals surface area contributed by atoms with Crippen LogP contribution in [0, 0.1) is 0 Å². The van der Waals surface area contributed by atoms with Crippen LogP contribution < -0.4 is 0 Å². The Bertz CT molecular complexity index is 775. The fraction of sp³-hybridized carbons (Fsp3) is 0.435. The highest BCUT2D eigenvalue weighted by atomic mass is 16.6. The molecule has 1 aliphatic carbocycles. The Morgan fingerprint density at radius 3 is 2.46 bits per heavy atom. The SMILES string of the molecule is CCc1cccc(-c2ccc(CN3CC4(CCCCC4)OC3=O)cc2)c1. The molecule has 0 atom stereocenters. The minimum atomic E-state index is -0.212. The fourth-order valence-electron chi connectivity index (χ4n) is 4.26. The molecule has 1 aliphatic heterocycles. The van der Waals surface area contributed by atoms with Crippen molar-refractivity contribution in [2.75, 3.05) is 6.54 Å². The molecule has 1 amide bonds. The lowest BCUT2D eigenvalue weighted by atomic mass is 9.85. The molecule has 0 unspecified atom stereocenters. The Labute approximate surface area is 156 Å². The van der Waals surface area contributed by atoms with Crippen molar-refractivity contribution < 1.29 is 9.53 Å². The quantitative estimate of drug-likeness (QED) is 0.722. The molecule has 0 radical (unpaired) electrons. The average molecular weight is 349 g/mol. The lowest BCUT2D eigenvalue weighted by Crippen LogP contribution is -2.36. The van der Waals surface area contributed by atoms with Crippen LogP contribution in [-0.2, 0) is 17.7 Å². The van der Waals surface area contributed by atoms with Gasteiger partial charge in [0.1, 0.15) is 5.60 Å². The van der Waals surface area contributed by atoms with Crippen molar-refractivity contribution in [1.29, 1.82) is 0 Å². The fourth-order valence-corrected chi connectivity index (χ4v) is 4.26. The van der Waals surface area contributed by atoms with Crippen LogP contribution >= 0.6 is 0 Å². The van der Waals surface area contributed by atoms with Crippen molar-refractivity contribution in [2.24, 2.45) is 0 Å². The first kappa shape index (κ1) is 17.1. The summed E-state index contributed by atoms with van der Waals surface area (Å²) in [4.78, 5) is 14.2. The van der Waals surface area contributed by atoms with Gasteiger partial charge in [-0.3, -0.25) is 4.90 Å². The molecule has 1 spiro atoms. The van der Waals surface area contributed by atoms with E-state index < -0.39 is 0 Å². The maximum absolute atomic E-state index is 12.3. The predicted molar refractivity (Wildman–Crippen MR) is 104 cm³/mol. The molecule has 0 bridgehead atoms. The largest absolute Gasteiger partial charge is 0.441 e. The van der Waals surface area contributed by atoms with E-state index in [9.17, 15) is 4.79 Å². The van der Waals surface area contributed by atoms with Gasteiger partial charge >= 0.3 is 6.09 Å². The molecule has 3 heteroatoms. The lowest BCUT2D eigenvalue weighted by Gasteiger charge is -2.30. The van der Waals surface area contributed by atoms with E-state index in [0.717, 1.165) is 31.4 Å². The monoisotopic (exact) mass is 349 g/mol. The average Bonchev–Trinajstić information content (AvgIpc) is 2.97. The molecule has 136 valence electrons. The van der Waals surface area contributed by atoms with Crippen molar-refractivity contribution in [1.82, 2.24) is 4.90 Å². The zero-order valence-electron chi connectivity index (χ0n) is 15.5. The van der Waals surface area contributed by atoms with Crippen LogP contribution in [0.2, 0.25) is 0 Å². The number of hydrogen-bond donors (Lipinski definition) is 0. The summed E-state index contributed by atoms with van der Waals surface area (Å²) in [5.74, 6) is 0. The summed E-state index contributed by atoms with van der Waals surface area (Å²) in [6.45, 7) is 3.55. The molecule has 4 rings (SSSR count). The Hall–Kier alpha value is -2.29. The number of rotatable bonds is 4. The van der Waals surface area contributed by atoms with Crippen LogP contribution in [0.25, 0.3) is 11.1 Å². The molecule has 3 nitrogen and oxygen atoms in total. The first-order valence-electron chi connectivity index (χ1n) is 9.84. The molecular formula is C23H27NO2. The van der Waals surface area contributed by atoms with E-state index in [1.54, 1.807) is 0 Å². The first-order valence-corrected chi connectivity index (χ1v) is 9.84. The van der Waals surface area contributed by atoms with Crippen LogP contribution in [0.1, 0.15) is 50.2 Å². The van der Waals surface area contributed by atoms with Gasteiger partial charge in [0.2, 0.25) is 0 Å². The summed E-state index contributed by atoms with van der Waals surface area (Å²) in [5, 5.41) is 0. The second kappa shape index (κ2) is 7.14. The minimum absolute atomic E-state index is 0.147. The van der Waals surface area contributed by atoms with Crippen molar-refractivity contribution in [3.63, 3.8) is 0 Å². The third-order valence-corrected chi connectivity index (χ3v) is 5.80. The topological polar surface area (TPSA) is 29.5 Å². The number of ether oxygens (including phenoxy) is 1. The summed E-state index contributed by atoms with van der Waals surface area (Å²) in [6.07, 6.45) is 6.54. The van der Waals surface area contributed by atoms with E-state index in [2.05, 4.69) is 55.5 Å². The van der Waals surface area contributed by atoms with E-state index in [1.807, 2.05) is 4.90 Å². The molecule has 2 aromatic rings. The Morgan fingerprint density at radius 1 is 0.962 bits per heavy atom. The van der Waals surface area contributed by atoms with Gasteiger partial charge in [0.25, 0.3) is 0 Å². The summed E-state index contributed by atoms with van der Waals surface area (Å²) >= 11 is 0. The van der Waals surface area contributed by atoms with E-state index in [1.165, 1.54) is 36.0 Å². The standard InChI is InChI=1S/C23H27NO2/c1-2-18-7-6-8-21(15-18)20-11-9-19(10-12-20)16-24-17-23(26-22(24)25)13-4-3-5-14-23/h6-12,15H,2-5,13-14,16-17H2,1H3. The third kappa shape index (κ3) is 3.48. The highest BCUT2D eigenvalue weighted by Gasteiger charge is 2.45. The van der Waals surface area contributed by atoms with Gasteiger partial charge < -0.3 is 4.74 Å². The van der Waals surface area contributed by atoms with Crippen LogP contribution in [-0.4, -0.2) is 23.1 Å². The molecule has 2 fully saturated rings. The Balaban J connectivity index is 1.45. The van der Waals surface area contributed by atoms with Crippen LogP contribution in [0.3, 0.4) is 0 Å². The Morgan fingerprint density at radius 2 is 1.73 bits per heavy atom.